The summed E-state index contributed by atoms with van der Waals surface area (Å²) in [6.07, 6.45) is 0.450. The summed E-state index contributed by atoms with van der Waals surface area (Å²) in [5.41, 5.74) is 0. The first-order chi connectivity index (χ1) is 8.75. The highest BCUT2D eigenvalue weighted by Crippen LogP contribution is 2.15. The molecule has 1 saturated heterocycles. The number of hydrogen-bond acceptors (Lipinski definition) is 3. The highest BCUT2D eigenvalue weighted by atomic mass is 127. The van der Waals surface area contributed by atoms with Gasteiger partial charge in [-0.25, -0.2) is 0 Å². The first-order valence-electron chi connectivity index (χ1n) is 6.12. The fourth-order valence-corrected chi connectivity index (χ4v) is 2.40. The molecule has 1 aliphatic heterocycles. The molecule has 1 amide bonds. The van der Waals surface area contributed by atoms with Gasteiger partial charge in [-0.1, -0.05) is 6.07 Å². The molecule has 1 aromatic carbocycles. The molecule has 4 nitrogen and oxygen atoms in total. The van der Waals surface area contributed by atoms with Crippen LogP contribution in [-0.4, -0.2) is 43.6 Å². The number of halogens is 1. The summed E-state index contributed by atoms with van der Waals surface area (Å²) in [6.45, 7) is 3.85. The summed E-state index contributed by atoms with van der Waals surface area (Å²) < 4.78 is 6.72. The lowest BCUT2D eigenvalue weighted by atomic mass is 10.3. The minimum atomic E-state index is 0.183. The maximum absolute atomic E-state index is 11.9. The van der Waals surface area contributed by atoms with Crippen LogP contribution in [0.4, 0.5) is 0 Å². The molecule has 1 heterocycles. The molecule has 0 bridgehead atoms. The third-order valence-electron chi connectivity index (χ3n) is 2.85. The lowest BCUT2D eigenvalue weighted by molar-refractivity contribution is -0.132. The quantitative estimate of drug-likeness (QED) is 0.828. The van der Waals surface area contributed by atoms with E-state index in [0.717, 1.165) is 35.5 Å². The predicted molar refractivity (Wildman–Crippen MR) is 78.7 cm³/mol. The summed E-state index contributed by atoms with van der Waals surface area (Å²) in [7, 11) is 0. The fraction of sp³-hybridized carbons (Fsp3) is 0.462. The van der Waals surface area contributed by atoms with Crippen molar-refractivity contribution in [2.24, 2.45) is 0 Å². The molecule has 1 fully saturated rings. The Labute approximate surface area is 121 Å². The highest BCUT2D eigenvalue weighted by Gasteiger charge is 2.15. The van der Waals surface area contributed by atoms with Crippen molar-refractivity contribution in [1.82, 2.24) is 10.2 Å². The van der Waals surface area contributed by atoms with Crippen LogP contribution >= 0.6 is 22.6 Å². The fourth-order valence-electron chi connectivity index (χ4n) is 1.89. The number of hydrogen-bond donors (Lipinski definition) is 1. The van der Waals surface area contributed by atoms with Gasteiger partial charge in [-0.3, -0.25) is 4.79 Å². The van der Waals surface area contributed by atoms with Crippen LogP contribution in [0, 0.1) is 3.57 Å². The number of rotatable bonds is 4. The minimum absolute atomic E-state index is 0.183. The Morgan fingerprint density at radius 1 is 1.39 bits per heavy atom. The summed E-state index contributed by atoms with van der Waals surface area (Å²) in [6, 6.07) is 7.85. The Bertz CT molecular complexity index is 406. The maximum atomic E-state index is 11.9. The first-order valence-corrected chi connectivity index (χ1v) is 7.20. The molecular weight excluding hydrogens is 343 g/mol. The maximum Gasteiger partial charge on any atom is 0.226 e. The SMILES string of the molecule is O=C(CCOc1cccc(I)c1)N1CCNCC1. The normalized spacial score (nSPS) is 15.5. The second kappa shape index (κ2) is 6.94. The molecular formula is C13H17IN2O2. The predicted octanol–water partition coefficient (Wildman–Crippen LogP) is 1.49. The molecule has 0 aromatic heterocycles. The van der Waals surface area contributed by atoms with E-state index in [4.69, 9.17) is 4.74 Å². The number of nitrogens with zero attached hydrogens (tertiary/aromatic N) is 1. The molecule has 0 unspecified atom stereocenters. The van der Waals surface area contributed by atoms with E-state index in [1.165, 1.54) is 0 Å². The van der Waals surface area contributed by atoms with E-state index >= 15 is 0 Å². The van der Waals surface area contributed by atoms with E-state index in [1.807, 2.05) is 29.2 Å². The average Bonchev–Trinajstić information content (AvgIpc) is 2.40. The van der Waals surface area contributed by atoms with Crippen molar-refractivity contribution < 1.29 is 9.53 Å². The van der Waals surface area contributed by atoms with E-state index in [2.05, 4.69) is 27.9 Å². The third kappa shape index (κ3) is 4.13. The van der Waals surface area contributed by atoms with E-state index in [9.17, 15) is 4.79 Å². The lowest BCUT2D eigenvalue weighted by Gasteiger charge is -2.27. The van der Waals surface area contributed by atoms with Crippen molar-refractivity contribution in [3.8, 4) is 5.75 Å². The molecule has 0 saturated carbocycles. The number of nitrogens with one attached hydrogen (secondary N) is 1. The summed E-state index contributed by atoms with van der Waals surface area (Å²) in [5, 5.41) is 3.23. The second-order valence-corrected chi connectivity index (χ2v) is 5.43. The Morgan fingerprint density at radius 3 is 2.89 bits per heavy atom. The van der Waals surface area contributed by atoms with Crippen LogP contribution in [0.1, 0.15) is 6.42 Å². The van der Waals surface area contributed by atoms with Crippen molar-refractivity contribution in [2.75, 3.05) is 32.8 Å². The molecule has 0 atom stereocenters. The molecule has 1 aromatic rings. The van der Waals surface area contributed by atoms with Crippen molar-refractivity contribution in [2.45, 2.75) is 6.42 Å². The Morgan fingerprint density at radius 2 is 2.17 bits per heavy atom. The number of carbonyl (C=O) groups is 1. The van der Waals surface area contributed by atoms with Crippen LogP contribution in [0.15, 0.2) is 24.3 Å². The van der Waals surface area contributed by atoms with Gasteiger partial charge in [0.15, 0.2) is 0 Å². The average molecular weight is 360 g/mol. The topological polar surface area (TPSA) is 41.6 Å². The van der Waals surface area contributed by atoms with Gasteiger partial charge in [0.2, 0.25) is 5.91 Å². The molecule has 0 radical (unpaired) electrons. The van der Waals surface area contributed by atoms with Crippen molar-refractivity contribution >= 4 is 28.5 Å². The number of benzene rings is 1. The lowest BCUT2D eigenvalue weighted by Crippen LogP contribution is -2.46. The van der Waals surface area contributed by atoms with Gasteiger partial charge in [0.25, 0.3) is 0 Å². The van der Waals surface area contributed by atoms with Crippen molar-refractivity contribution in [3.05, 3.63) is 27.8 Å². The minimum Gasteiger partial charge on any atom is -0.493 e. The molecule has 0 spiro atoms. The number of carbonyl (C=O) groups excluding carboxylic acids is 1. The van der Waals surface area contributed by atoms with Crippen molar-refractivity contribution in [1.29, 1.82) is 0 Å². The van der Waals surface area contributed by atoms with E-state index < -0.39 is 0 Å². The second-order valence-electron chi connectivity index (χ2n) is 4.19. The van der Waals surface area contributed by atoms with Gasteiger partial charge in [0.05, 0.1) is 13.0 Å². The van der Waals surface area contributed by atoms with Crippen LogP contribution in [0.3, 0.4) is 0 Å². The largest absolute Gasteiger partial charge is 0.493 e. The van der Waals surface area contributed by atoms with Gasteiger partial charge in [0.1, 0.15) is 5.75 Å². The standard InChI is InChI=1S/C13H17IN2O2/c14-11-2-1-3-12(10-11)18-9-4-13(17)16-7-5-15-6-8-16/h1-3,10,15H,4-9H2. The zero-order valence-corrected chi connectivity index (χ0v) is 12.4. The number of ether oxygens (including phenoxy) is 1. The number of amides is 1. The van der Waals surface area contributed by atoms with Crippen LogP contribution in [0.2, 0.25) is 0 Å². The van der Waals surface area contributed by atoms with Crippen molar-refractivity contribution in [3.63, 3.8) is 0 Å². The summed E-state index contributed by atoms with van der Waals surface area (Å²) in [4.78, 5) is 13.8. The van der Waals surface area contributed by atoms with Gasteiger partial charge in [-0.2, -0.15) is 0 Å². The van der Waals surface area contributed by atoms with Gasteiger partial charge in [-0.05, 0) is 40.8 Å². The van der Waals surface area contributed by atoms with E-state index in [1.54, 1.807) is 0 Å². The summed E-state index contributed by atoms with van der Waals surface area (Å²) in [5.74, 6) is 1.01. The zero-order valence-electron chi connectivity index (χ0n) is 10.2. The molecule has 1 aliphatic rings. The van der Waals surface area contributed by atoms with E-state index in [0.29, 0.717) is 13.0 Å². The third-order valence-corrected chi connectivity index (χ3v) is 3.52. The highest BCUT2D eigenvalue weighted by molar-refractivity contribution is 14.1. The molecule has 2 rings (SSSR count). The molecule has 98 valence electrons. The van der Waals surface area contributed by atoms with E-state index in [-0.39, 0.29) is 5.91 Å². The van der Waals surface area contributed by atoms with Gasteiger partial charge >= 0.3 is 0 Å². The van der Waals surface area contributed by atoms with Crippen LogP contribution in [0.5, 0.6) is 5.75 Å². The summed E-state index contributed by atoms with van der Waals surface area (Å²) >= 11 is 2.24. The molecule has 1 N–H and O–H groups in total. The molecule has 18 heavy (non-hydrogen) atoms. The Balaban J connectivity index is 1.73. The van der Waals surface area contributed by atoms with Gasteiger partial charge in [0, 0.05) is 29.7 Å². The van der Waals surface area contributed by atoms with Crippen LogP contribution in [-0.2, 0) is 4.79 Å². The Hall–Kier alpha value is -0.820. The monoisotopic (exact) mass is 360 g/mol. The van der Waals surface area contributed by atoms with Crippen LogP contribution in [0.25, 0.3) is 0 Å². The number of piperazine rings is 1. The van der Waals surface area contributed by atoms with Gasteiger partial charge < -0.3 is 15.0 Å². The molecule has 5 heteroatoms. The first kappa shape index (κ1) is 13.6. The van der Waals surface area contributed by atoms with Crippen LogP contribution < -0.4 is 10.1 Å². The van der Waals surface area contributed by atoms with Gasteiger partial charge in [-0.15, -0.1) is 0 Å². The zero-order chi connectivity index (χ0) is 12.8. The smallest absolute Gasteiger partial charge is 0.226 e. The molecule has 0 aliphatic carbocycles. The Kier molecular flexibility index (Phi) is 5.25.